The first-order chi connectivity index (χ1) is 15.2. The first-order valence-electron chi connectivity index (χ1n) is 10.7. The van der Waals surface area contributed by atoms with E-state index in [-0.39, 0.29) is 5.91 Å². The van der Waals surface area contributed by atoms with Gasteiger partial charge >= 0.3 is 0 Å². The molecule has 2 aromatic heterocycles. The average molecular weight is 415 g/mol. The Morgan fingerprint density at radius 1 is 1.03 bits per heavy atom. The highest BCUT2D eigenvalue weighted by atomic mass is 16.5. The number of para-hydroxylation sites is 1. The number of amides is 1. The monoisotopic (exact) mass is 415 g/mol. The van der Waals surface area contributed by atoms with Crippen LogP contribution in [-0.2, 0) is 11.2 Å². The number of nitrogens with two attached hydrogens (primary N) is 1. The number of amidine groups is 1. The zero-order valence-electron chi connectivity index (χ0n) is 17.3. The van der Waals surface area contributed by atoms with Crippen molar-refractivity contribution in [3.05, 3.63) is 72.2 Å². The van der Waals surface area contributed by atoms with Gasteiger partial charge < -0.3 is 19.5 Å². The maximum Gasteiger partial charge on any atom is 0.278 e. The number of aliphatic imine (C=N–C) groups is 1. The lowest BCUT2D eigenvalue weighted by Crippen LogP contribution is -2.19. The van der Waals surface area contributed by atoms with Crippen LogP contribution in [0.2, 0.25) is 0 Å². The van der Waals surface area contributed by atoms with Crippen molar-refractivity contribution in [1.82, 2.24) is 4.57 Å². The first kappa shape index (κ1) is 19.6. The summed E-state index contributed by atoms with van der Waals surface area (Å²) in [5.41, 5.74) is 8.81. The van der Waals surface area contributed by atoms with Gasteiger partial charge in [0.1, 0.15) is 11.6 Å². The van der Waals surface area contributed by atoms with E-state index < -0.39 is 0 Å². The number of benzene rings is 2. The topological polar surface area (TPSA) is 82.8 Å². The zero-order chi connectivity index (χ0) is 21.2. The molecule has 0 atom stereocenters. The normalized spacial score (nSPS) is 15.7. The van der Waals surface area contributed by atoms with E-state index in [1.165, 1.54) is 10.9 Å². The smallest absolute Gasteiger partial charge is 0.278 e. The van der Waals surface area contributed by atoms with Crippen molar-refractivity contribution in [3.63, 3.8) is 0 Å². The summed E-state index contributed by atoms with van der Waals surface area (Å²) >= 11 is 0. The summed E-state index contributed by atoms with van der Waals surface area (Å²) in [7, 11) is 0. The molecule has 0 aliphatic carbocycles. The molecule has 6 nitrogen and oxygen atoms in total. The van der Waals surface area contributed by atoms with Crippen LogP contribution < -0.4 is 5.73 Å². The molecule has 1 saturated heterocycles. The Morgan fingerprint density at radius 3 is 2.65 bits per heavy atom. The molecule has 4 aromatic rings. The summed E-state index contributed by atoms with van der Waals surface area (Å²) in [5, 5.41) is 2.35. The highest BCUT2D eigenvalue weighted by molar-refractivity contribution is 6.11. The third-order valence-electron chi connectivity index (χ3n) is 5.97. The second-order valence-electron chi connectivity index (χ2n) is 7.95. The largest absolute Gasteiger partial charge is 0.469 e. The summed E-state index contributed by atoms with van der Waals surface area (Å²) in [4.78, 5) is 17.0. The predicted molar refractivity (Wildman–Crippen MR) is 122 cm³/mol. The number of nitrogens with zero attached hydrogens (tertiary/aromatic N) is 2. The number of rotatable bonds is 5. The van der Waals surface area contributed by atoms with Gasteiger partial charge in [0, 0.05) is 53.9 Å². The molecule has 2 aromatic carbocycles. The Hall–Kier alpha value is -3.38. The van der Waals surface area contributed by atoms with Crippen LogP contribution in [0.25, 0.3) is 21.8 Å². The molecule has 158 valence electrons. The van der Waals surface area contributed by atoms with Crippen LogP contribution in [0.1, 0.15) is 41.4 Å². The summed E-state index contributed by atoms with van der Waals surface area (Å²) in [6.45, 7) is 1.52. The third kappa shape index (κ3) is 3.86. The number of carbonyl (C=O) groups excluding carboxylic acids is 1. The van der Waals surface area contributed by atoms with E-state index in [0.29, 0.717) is 30.3 Å². The van der Waals surface area contributed by atoms with Crippen molar-refractivity contribution in [2.75, 3.05) is 13.2 Å². The number of furan rings is 1. The van der Waals surface area contributed by atoms with E-state index in [0.717, 1.165) is 42.7 Å². The first-order valence-corrected chi connectivity index (χ1v) is 10.7. The van der Waals surface area contributed by atoms with E-state index >= 15 is 0 Å². The fourth-order valence-corrected chi connectivity index (χ4v) is 4.43. The highest BCUT2D eigenvalue weighted by Gasteiger charge is 2.21. The van der Waals surface area contributed by atoms with Crippen LogP contribution in [0.15, 0.2) is 70.3 Å². The van der Waals surface area contributed by atoms with Crippen molar-refractivity contribution in [2.45, 2.75) is 31.7 Å². The number of aryl methyl sites for hydroxylation is 1. The molecule has 1 fully saturated rings. The minimum absolute atomic E-state index is 0.312. The van der Waals surface area contributed by atoms with Crippen LogP contribution in [0.5, 0.6) is 0 Å². The molecule has 1 aliphatic rings. The average Bonchev–Trinajstić information content (AvgIpc) is 3.44. The van der Waals surface area contributed by atoms with Crippen LogP contribution in [0, 0.1) is 0 Å². The molecular weight excluding hydrogens is 390 g/mol. The SMILES string of the molecule is NC(CCc1ccco1)=NC(=O)c1ccc2c3ccccc3n(C3CCOCC3)c2c1. The van der Waals surface area contributed by atoms with E-state index in [4.69, 9.17) is 14.9 Å². The standard InChI is InChI=1S/C25H25N3O3/c26-24(10-8-19-4-3-13-31-19)27-25(29)17-7-9-21-20-5-1-2-6-22(20)28(23(21)16-17)18-11-14-30-15-12-18/h1-7,9,13,16,18H,8,10-12,14-15H2,(H2,26,27,29). The lowest BCUT2D eigenvalue weighted by molar-refractivity contribution is 0.0717. The number of hydrogen-bond acceptors (Lipinski definition) is 3. The Morgan fingerprint density at radius 2 is 1.84 bits per heavy atom. The molecule has 0 radical (unpaired) electrons. The van der Waals surface area contributed by atoms with Gasteiger partial charge in [0.15, 0.2) is 0 Å². The van der Waals surface area contributed by atoms with Crippen molar-refractivity contribution in [2.24, 2.45) is 10.7 Å². The van der Waals surface area contributed by atoms with Gasteiger partial charge in [-0.3, -0.25) is 4.79 Å². The number of ether oxygens (including phenoxy) is 1. The quantitative estimate of drug-likeness (QED) is 0.372. The van der Waals surface area contributed by atoms with Crippen LogP contribution >= 0.6 is 0 Å². The van der Waals surface area contributed by atoms with E-state index in [9.17, 15) is 4.79 Å². The third-order valence-corrected chi connectivity index (χ3v) is 5.97. The fraction of sp³-hybridized carbons (Fsp3) is 0.280. The summed E-state index contributed by atoms with van der Waals surface area (Å²) in [6.07, 6.45) is 4.64. The molecule has 0 unspecified atom stereocenters. The molecule has 31 heavy (non-hydrogen) atoms. The predicted octanol–water partition coefficient (Wildman–Crippen LogP) is 4.87. The lowest BCUT2D eigenvalue weighted by Gasteiger charge is -2.25. The van der Waals surface area contributed by atoms with Crippen molar-refractivity contribution in [3.8, 4) is 0 Å². The second kappa shape index (κ2) is 8.40. The minimum atomic E-state index is -0.317. The van der Waals surface area contributed by atoms with Gasteiger partial charge in [0.2, 0.25) is 0 Å². The van der Waals surface area contributed by atoms with Crippen LogP contribution in [0.3, 0.4) is 0 Å². The Bertz CT molecular complexity index is 1250. The molecule has 5 rings (SSSR count). The molecule has 0 bridgehead atoms. The molecule has 6 heteroatoms. The van der Waals surface area contributed by atoms with E-state index in [2.05, 4.69) is 33.8 Å². The van der Waals surface area contributed by atoms with Crippen LogP contribution in [-0.4, -0.2) is 29.5 Å². The van der Waals surface area contributed by atoms with Gasteiger partial charge in [-0.2, -0.15) is 4.99 Å². The van der Waals surface area contributed by atoms with Crippen molar-refractivity contribution in [1.29, 1.82) is 0 Å². The minimum Gasteiger partial charge on any atom is -0.469 e. The zero-order valence-corrected chi connectivity index (χ0v) is 17.3. The Labute approximate surface area is 180 Å². The molecule has 3 heterocycles. The van der Waals surface area contributed by atoms with Gasteiger partial charge in [0.05, 0.1) is 11.8 Å². The van der Waals surface area contributed by atoms with Crippen molar-refractivity contribution >= 4 is 33.5 Å². The van der Waals surface area contributed by atoms with Crippen molar-refractivity contribution < 1.29 is 13.9 Å². The Kier molecular flexibility index (Phi) is 5.30. The maximum atomic E-state index is 12.8. The summed E-state index contributed by atoms with van der Waals surface area (Å²) in [6, 6.07) is 18.3. The maximum absolute atomic E-state index is 12.8. The Balaban J connectivity index is 1.49. The molecule has 1 aliphatic heterocycles. The van der Waals surface area contributed by atoms with E-state index in [1.807, 2.05) is 30.3 Å². The van der Waals surface area contributed by atoms with E-state index in [1.54, 1.807) is 6.26 Å². The number of fused-ring (bicyclic) bond motifs is 3. The van der Waals surface area contributed by atoms with Gasteiger partial charge in [-0.05, 0) is 43.2 Å². The summed E-state index contributed by atoms with van der Waals surface area (Å²) in [5.74, 6) is 0.821. The molecule has 1 amide bonds. The molecule has 0 saturated carbocycles. The summed E-state index contributed by atoms with van der Waals surface area (Å²) < 4.78 is 13.3. The fourth-order valence-electron chi connectivity index (χ4n) is 4.43. The lowest BCUT2D eigenvalue weighted by atomic mass is 10.1. The van der Waals surface area contributed by atoms with Gasteiger partial charge in [0.25, 0.3) is 5.91 Å². The second-order valence-corrected chi connectivity index (χ2v) is 7.95. The highest BCUT2D eigenvalue weighted by Crippen LogP contribution is 2.35. The number of carbonyl (C=O) groups is 1. The van der Waals surface area contributed by atoms with Crippen LogP contribution in [0.4, 0.5) is 0 Å². The molecular formula is C25H25N3O3. The molecule has 2 N–H and O–H groups in total. The molecule has 0 spiro atoms. The number of aromatic nitrogens is 1. The van der Waals surface area contributed by atoms with Gasteiger partial charge in [-0.25, -0.2) is 0 Å². The van der Waals surface area contributed by atoms with Gasteiger partial charge in [-0.1, -0.05) is 24.3 Å². The van der Waals surface area contributed by atoms with Gasteiger partial charge in [-0.15, -0.1) is 0 Å². The number of hydrogen-bond donors (Lipinski definition) is 1.